The molecule has 4 heterocycles. The SMILES string of the molecule is C=CCn1c(=O)c2cnc(Nc3ccc(N4CCN(CCCNC5CCC5)CC4)cc3)nc2n1-c1cccc(C(F)(F)F)n1. The topological polar surface area (TPSA) is 96.1 Å². The molecule has 0 spiro atoms. The summed E-state index contributed by atoms with van der Waals surface area (Å²) in [6.45, 7) is 9.92. The van der Waals surface area contributed by atoms with Gasteiger partial charge in [0, 0.05) is 49.8 Å². The van der Waals surface area contributed by atoms with Crippen molar-refractivity contribution in [3.8, 4) is 5.82 Å². The first-order valence-electron chi connectivity index (χ1n) is 15.0. The van der Waals surface area contributed by atoms with Gasteiger partial charge in [0.2, 0.25) is 5.95 Å². The van der Waals surface area contributed by atoms with Gasteiger partial charge < -0.3 is 15.5 Å². The molecule has 0 unspecified atom stereocenters. The van der Waals surface area contributed by atoms with Crippen molar-refractivity contribution < 1.29 is 13.2 Å². The molecule has 1 aromatic carbocycles. The predicted octanol–water partition coefficient (Wildman–Crippen LogP) is 4.58. The van der Waals surface area contributed by atoms with Crippen molar-refractivity contribution in [3.63, 3.8) is 0 Å². The second-order valence-electron chi connectivity index (χ2n) is 11.2. The molecular formula is C31H36F3N9O. The number of hydrogen-bond acceptors (Lipinski definition) is 8. The van der Waals surface area contributed by atoms with Gasteiger partial charge in [0.25, 0.3) is 5.56 Å². The summed E-state index contributed by atoms with van der Waals surface area (Å²) < 4.78 is 42.8. The molecule has 44 heavy (non-hydrogen) atoms. The first-order valence-corrected chi connectivity index (χ1v) is 15.0. The minimum absolute atomic E-state index is 0.0449. The lowest BCUT2D eigenvalue weighted by Gasteiger charge is -2.36. The molecule has 232 valence electrons. The van der Waals surface area contributed by atoms with Crippen LogP contribution in [-0.2, 0) is 12.7 Å². The molecule has 4 aromatic rings. The summed E-state index contributed by atoms with van der Waals surface area (Å²) in [4.78, 5) is 30.6. The number of piperazine rings is 1. The van der Waals surface area contributed by atoms with Gasteiger partial charge in [0.15, 0.2) is 11.5 Å². The highest BCUT2D eigenvalue weighted by Crippen LogP contribution is 2.29. The van der Waals surface area contributed by atoms with Crippen LogP contribution in [0.5, 0.6) is 0 Å². The van der Waals surface area contributed by atoms with E-state index in [1.54, 1.807) is 0 Å². The van der Waals surface area contributed by atoms with Gasteiger partial charge in [-0.2, -0.15) is 18.2 Å². The van der Waals surface area contributed by atoms with Crippen molar-refractivity contribution in [2.75, 3.05) is 49.5 Å². The molecule has 13 heteroatoms. The molecule has 3 aromatic heterocycles. The van der Waals surface area contributed by atoms with Crippen LogP contribution in [0.2, 0.25) is 0 Å². The third-order valence-electron chi connectivity index (χ3n) is 8.27. The van der Waals surface area contributed by atoms with E-state index in [0.717, 1.165) is 62.8 Å². The lowest BCUT2D eigenvalue weighted by molar-refractivity contribution is -0.141. The molecule has 0 amide bonds. The van der Waals surface area contributed by atoms with Gasteiger partial charge in [0.1, 0.15) is 11.1 Å². The third kappa shape index (κ3) is 6.48. The summed E-state index contributed by atoms with van der Waals surface area (Å²) in [6, 6.07) is 12.2. The van der Waals surface area contributed by atoms with Crippen LogP contribution in [0.4, 0.5) is 30.5 Å². The zero-order valence-electron chi connectivity index (χ0n) is 24.4. The van der Waals surface area contributed by atoms with Crippen LogP contribution >= 0.6 is 0 Å². The molecule has 1 saturated carbocycles. The number of rotatable bonds is 11. The second-order valence-corrected chi connectivity index (χ2v) is 11.2. The van der Waals surface area contributed by atoms with Gasteiger partial charge in [-0.05, 0) is 68.8 Å². The summed E-state index contributed by atoms with van der Waals surface area (Å²) in [5.41, 5.74) is 0.473. The molecular weight excluding hydrogens is 571 g/mol. The summed E-state index contributed by atoms with van der Waals surface area (Å²) in [7, 11) is 0. The number of pyridine rings is 1. The van der Waals surface area contributed by atoms with Crippen molar-refractivity contribution in [1.82, 2.24) is 34.5 Å². The Morgan fingerprint density at radius 3 is 2.48 bits per heavy atom. The summed E-state index contributed by atoms with van der Waals surface area (Å²) in [6.07, 6.45) is 3.39. The van der Waals surface area contributed by atoms with E-state index in [1.807, 2.05) is 24.3 Å². The van der Waals surface area contributed by atoms with Gasteiger partial charge in [-0.15, -0.1) is 6.58 Å². The third-order valence-corrected chi connectivity index (χ3v) is 8.27. The Kier molecular flexibility index (Phi) is 8.67. The van der Waals surface area contributed by atoms with E-state index in [2.05, 4.69) is 42.0 Å². The monoisotopic (exact) mass is 607 g/mol. The number of nitrogens with zero attached hydrogens (tertiary/aromatic N) is 7. The number of hydrogen-bond donors (Lipinski definition) is 2. The van der Waals surface area contributed by atoms with Crippen molar-refractivity contribution in [1.29, 1.82) is 0 Å². The molecule has 6 rings (SSSR count). The molecule has 1 saturated heterocycles. The van der Waals surface area contributed by atoms with Crippen LogP contribution in [0, 0.1) is 0 Å². The van der Waals surface area contributed by atoms with E-state index in [0.29, 0.717) is 0 Å². The number of aromatic nitrogens is 5. The molecule has 0 radical (unpaired) electrons. The molecule has 2 fully saturated rings. The largest absolute Gasteiger partial charge is 0.433 e. The maximum absolute atomic E-state index is 13.4. The van der Waals surface area contributed by atoms with E-state index in [4.69, 9.17) is 0 Å². The summed E-state index contributed by atoms with van der Waals surface area (Å²) in [5.74, 6) is 0.107. The second kappa shape index (κ2) is 12.8. The fraction of sp³-hybridized carbons (Fsp3) is 0.419. The van der Waals surface area contributed by atoms with Gasteiger partial charge in [-0.25, -0.2) is 19.3 Å². The van der Waals surface area contributed by atoms with Gasteiger partial charge >= 0.3 is 6.18 Å². The first kappa shape index (κ1) is 29.8. The average molecular weight is 608 g/mol. The number of allylic oxidation sites excluding steroid dienone is 1. The van der Waals surface area contributed by atoms with Crippen LogP contribution in [0.3, 0.4) is 0 Å². The molecule has 1 aliphatic heterocycles. The standard InChI is InChI=1S/C31H36F3N9O/c1-2-15-42-29(44)25-21-36-30(39-28(25)43(42)27-9-4-8-26(38-27)31(32,33)34)37-23-10-12-24(13-11-23)41-19-17-40(18-20-41)16-5-14-35-22-6-3-7-22/h2,4,8-13,21-22,35H,1,3,5-7,14-20H2,(H,36,37,39). The molecule has 2 N–H and O–H groups in total. The van der Waals surface area contributed by atoms with Crippen molar-refractivity contribution in [3.05, 3.63) is 77.4 Å². The van der Waals surface area contributed by atoms with Crippen molar-refractivity contribution in [2.45, 2.75) is 44.4 Å². The molecule has 0 bridgehead atoms. The normalized spacial score (nSPS) is 16.3. The highest BCUT2D eigenvalue weighted by Gasteiger charge is 2.33. The number of anilines is 3. The quantitative estimate of drug-likeness (QED) is 0.189. The number of halogens is 3. The number of alkyl halides is 3. The minimum Gasteiger partial charge on any atom is -0.369 e. The van der Waals surface area contributed by atoms with Crippen LogP contribution in [0.15, 0.2) is 66.1 Å². The van der Waals surface area contributed by atoms with Crippen molar-refractivity contribution >= 4 is 28.4 Å². The smallest absolute Gasteiger partial charge is 0.369 e. The lowest BCUT2D eigenvalue weighted by Crippen LogP contribution is -2.47. The fourth-order valence-corrected chi connectivity index (χ4v) is 5.64. The Balaban J connectivity index is 1.14. The lowest BCUT2D eigenvalue weighted by atomic mass is 9.93. The maximum atomic E-state index is 13.4. The highest BCUT2D eigenvalue weighted by molar-refractivity contribution is 5.77. The Morgan fingerprint density at radius 2 is 1.80 bits per heavy atom. The van der Waals surface area contributed by atoms with Crippen LogP contribution in [0.1, 0.15) is 31.4 Å². The van der Waals surface area contributed by atoms with Crippen molar-refractivity contribution in [2.24, 2.45) is 0 Å². The number of benzene rings is 1. The van der Waals surface area contributed by atoms with Gasteiger partial charge in [0.05, 0.1) is 6.54 Å². The van der Waals surface area contributed by atoms with Gasteiger partial charge in [-0.3, -0.25) is 9.69 Å². The zero-order valence-corrected chi connectivity index (χ0v) is 24.4. The molecule has 0 atom stereocenters. The zero-order chi connectivity index (χ0) is 30.7. The van der Waals surface area contributed by atoms with E-state index in [-0.39, 0.29) is 29.3 Å². The van der Waals surface area contributed by atoms with E-state index in [1.165, 1.54) is 59.5 Å². The number of nitrogens with one attached hydrogen (secondary N) is 2. The molecule has 10 nitrogen and oxygen atoms in total. The first-order chi connectivity index (χ1) is 21.3. The maximum Gasteiger partial charge on any atom is 0.433 e. The fourth-order valence-electron chi connectivity index (χ4n) is 5.64. The van der Waals surface area contributed by atoms with E-state index < -0.39 is 17.4 Å². The Hall–Kier alpha value is -4.23. The Morgan fingerprint density at radius 1 is 1.02 bits per heavy atom. The van der Waals surface area contributed by atoms with Crippen LogP contribution < -0.4 is 21.1 Å². The average Bonchev–Trinajstić information content (AvgIpc) is 3.27. The van der Waals surface area contributed by atoms with E-state index in [9.17, 15) is 18.0 Å². The van der Waals surface area contributed by atoms with Crippen LogP contribution in [0.25, 0.3) is 16.9 Å². The Labute approximate surface area is 253 Å². The summed E-state index contributed by atoms with van der Waals surface area (Å²) in [5, 5.41) is 6.95. The van der Waals surface area contributed by atoms with Crippen LogP contribution in [-0.4, -0.2) is 74.5 Å². The molecule has 1 aliphatic carbocycles. The summed E-state index contributed by atoms with van der Waals surface area (Å²) >= 11 is 0. The number of fused-ring (bicyclic) bond motifs is 1. The highest BCUT2D eigenvalue weighted by atomic mass is 19.4. The van der Waals surface area contributed by atoms with Gasteiger partial charge in [-0.1, -0.05) is 18.6 Å². The predicted molar refractivity (Wildman–Crippen MR) is 165 cm³/mol. The molecule has 2 aliphatic rings. The van der Waals surface area contributed by atoms with E-state index >= 15 is 0 Å². The Bertz CT molecular complexity index is 1650. The minimum atomic E-state index is -4.64.